The van der Waals surface area contributed by atoms with E-state index in [9.17, 15) is 9.59 Å². The van der Waals surface area contributed by atoms with Crippen molar-refractivity contribution in [2.24, 2.45) is 0 Å². The highest BCUT2D eigenvalue weighted by atomic mass is 35.5. The number of carbonyl (C=O) groups excluding carboxylic acids is 2. The second kappa shape index (κ2) is 7.85. The van der Waals surface area contributed by atoms with Crippen LogP contribution in [0.4, 0.5) is 0 Å². The molecule has 3 rings (SSSR count). The Morgan fingerprint density at radius 1 is 1.32 bits per heavy atom. The van der Waals surface area contributed by atoms with E-state index < -0.39 is 6.04 Å². The minimum atomic E-state index is -0.473. The molecule has 1 N–H and O–H groups in total. The van der Waals surface area contributed by atoms with Gasteiger partial charge in [0.25, 0.3) is 0 Å². The number of hydrogen-bond acceptors (Lipinski definition) is 3. The topological polar surface area (TPSA) is 62.3 Å². The van der Waals surface area contributed by atoms with Gasteiger partial charge in [0, 0.05) is 41.9 Å². The quantitative estimate of drug-likeness (QED) is 0.869. The third-order valence-electron chi connectivity index (χ3n) is 4.17. The van der Waals surface area contributed by atoms with Crippen molar-refractivity contribution in [3.63, 3.8) is 0 Å². The lowest BCUT2D eigenvalue weighted by Gasteiger charge is -2.24. The van der Waals surface area contributed by atoms with Gasteiger partial charge >= 0.3 is 0 Å². The summed E-state index contributed by atoms with van der Waals surface area (Å²) in [5.74, 6) is -0.200. The van der Waals surface area contributed by atoms with Crippen LogP contribution < -0.4 is 5.32 Å². The molecule has 0 radical (unpaired) electrons. The highest BCUT2D eigenvalue weighted by Gasteiger charge is 2.35. The zero-order chi connectivity index (χ0) is 17.8. The number of likely N-dealkylation sites (tertiary alicyclic amines) is 1. The fraction of sp³-hybridized carbons (Fsp3) is 0.278. The Bertz CT molecular complexity index is 783. The van der Waals surface area contributed by atoms with Gasteiger partial charge in [-0.25, -0.2) is 0 Å². The van der Waals surface area contributed by atoms with E-state index in [4.69, 9.17) is 23.2 Å². The summed E-state index contributed by atoms with van der Waals surface area (Å²) in [5.41, 5.74) is 1.68. The van der Waals surface area contributed by atoms with E-state index in [1.54, 1.807) is 35.5 Å². The lowest BCUT2D eigenvalue weighted by Crippen LogP contribution is -2.44. The molecule has 1 fully saturated rings. The number of hydrogen-bond donors (Lipinski definition) is 1. The van der Waals surface area contributed by atoms with Gasteiger partial charge in [0.2, 0.25) is 11.8 Å². The molecule has 1 aromatic heterocycles. The van der Waals surface area contributed by atoms with Gasteiger partial charge < -0.3 is 10.2 Å². The molecule has 2 amide bonds. The Balaban J connectivity index is 1.64. The van der Waals surface area contributed by atoms with Crippen LogP contribution in [0.25, 0.3) is 0 Å². The first-order valence-electron chi connectivity index (χ1n) is 7.94. The van der Waals surface area contributed by atoms with Gasteiger partial charge in [0.15, 0.2) is 0 Å². The molecule has 1 atom stereocenters. The van der Waals surface area contributed by atoms with Crippen molar-refractivity contribution in [2.45, 2.75) is 32.0 Å². The van der Waals surface area contributed by atoms with Crippen LogP contribution in [0.15, 0.2) is 42.7 Å². The lowest BCUT2D eigenvalue weighted by atomic mass is 10.1. The number of carbonyl (C=O) groups is 2. The van der Waals surface area contributed by atoms with Gasteiger partial charge in [-0.3, -0.25) is 14.6 Å². The van der Waals surface area contributed by atoms with E-state index in [0.717, 1.165) is 11.1 Å². The maximum absolute atomic E-state index is 12.6. The number of amides is 2. The van der Waals surface area contributed by atoms with E-state index in [1.807, 2.05) is 12.1 Å². The van der Waals surface area contributed by atoms with Gasteiger partial charge in [-0.15, -0.1) is 0 Å². The number of rotatable bonds is 5. The monoisotopic (exact) mass is 377 g/mol. The average Bonchev–Trinajstić information content (AvgIpc) is 2.96. The summed E-state index contributed by atoms with van der Waals surface area (Å²) in [6, 6.07) is 8.37. The summed E-state index contributed by atoms with van der Waals surface area (Å²) < 4.78 is 0. The van der Waals surface area contributed by atoms with E-state index in [-0.39, 0.29) is 11.8 Å². The van der Waals surface area contributed by atoms with Crippen molar-refractivity contribution < 1.29 is 9.59 Å². The molecule has 1 aliphatic heterocycles. The smallest absolute Gasteiger partial charge is 0.243 e. The largest absolute Gasteiger partial charge is 0.350 e. The number of nitrogens with one attached hydrogen (secondary N) is 1. The molecule has 1 aliphatic rings. The fourth-order valence-corrected chi connectivity index (χ4v) is 3.33. The van der Waals surface area contributed by atoms with E-state index in [1.165, 1.54) is 0 Å². The highest BCUT2D eigenvalue weighted by Crippen LogP contribution is 2.23. The minimum Gasteiger partial charge on any atom is -0.350 e. The molecule has 2 aromatic rings. The molecule has 0 spiro atoms. The number of aromatic nitrogens is 1. The fourth-order valence-electron chi connectivity index (χ4n) is 2.86. The van der Waals surface area contributed by atoms with Gasteiger partial charge in [-0.1, -0.05) is 35.3 Å². The summed E-state index contributed by atoms with van der Waals surface area (Å²) in [6.07, 6.45) is 4.27. The Morgan fingerprint density at radius 2 is 2.16 bits per heavy atom. The normalized spacial score (nSPS) is 17.0. The van der Waals surface area contributed by atoms with Crippen molar-refractivity contribution in [1.29, 1.82) is 0 Å². The predicted molar refractivity (Wildman–Crippen MR) is 96.1 cm³/mol. The first-order valence-corrected chi connectivity index (χ1v) is 8.70. The van der Waals surface area contributed by atoms with E-state index >= 15 is 0 Å². The SMILES string of the molecule is O=C(NCc1ccc(Cl)cc1Cl)[C@@H]1CCC(=O)N1Cc1cccnc1. The van der Waals surface area contributed by atoms with Crippen molar-refractivity contribution in [1.82, 2.24) is 15.2 Å². The van der Waals surface area contributed by atoms with Crippen molar-refractivity contribution in [3.05, 3.63) is 63.9 Å². The summed E-state index contributed by atoms with van der Waals surface area (Å²) >= 11 is 12.0. The first kappa shape index (κ1) is 17.7. The molecule has 1 aromatic carbocycles. The van der Waals surface area contributed by atoms with Crippen LogP contribution >= 0.6 is 23.2 Å². The zero-order valence-electron chi connectivity index (χ0n) is 13.4. The Labute approximate surface area is 155 Å². The summed E-state index contributed by atoms with van der Waals surface area (Å²) in [4.78, 5) is 30.4. The number of halogens is 2. The molecule has 130 valence electrons. The standard InChI is InChI=1S/C18H17Cl2N3O2/c19-14-4-3-13(15(20)8-14)10-22-18(25)16-5-6-17(24)23(16)11-12-2-1-7-21-9-12/h1-4,7-9,16H,5-6,10-11H2,(H,22,25)/t16-/m0/s1. The Hall–Kier alpha value is -2.11. The minimum absolute atomic E-state index is 0.0199. The predicted octanol–water partition coefficient (Wildman–Crippen LogP) is 3.20. The van der Waals surface area contributed by atoms with Gasteiger partial charge in [0.1, 0.15) is 6.04 Å². The Kier molecular flexibility index (Phi) is 5.56. The summed E-state index contributed by atoms with van der Waals surface area (Å²) in [6.45, 7) is 0.673. The van der Waals surface area contributed by atoms with Crippen LogP contribution in [0.2, 0.25) is 10.0 Å². The summed E-state index contributed by atoms with van der Waals surface area (Å²) in [7, 11) is 0. The third kappa shape index (κ3) is 4.30. The van der Waals surface area contributed by atoms with Crippen LogP contribution in [0.1, 0.15) is 24.0 Å². The average molecular weight is 378 g/mol. The maximum atomic E-state index is 12.6. The molecule has 7 heteroatoms. The zero-order valence-corrected chi connectivity index (χ0v) is 14.9. The van der Waals surface area contributed by atoms with Crippen molar-refractivity contribution in [2.75, 3.05) is 0 Å². The Morgan fingerprint density at radius 3 is 2.88 bits per heavy atom. The molecule has 0 bridgehead atoms. The summed E-state index contributed by atoms with van der Waals surface area (Å²) in [5, 5.41) is 3.91. The van der Waals surface area contributed by atoms with Crippen LogP contribution in [0, 0.1) is 0 Å². The molecular weight excluding hydrogens is 361 g/mol. The first-order chi connectivity index (χ1) is 12.0. The molecule has 1 saturated heterocycles. The van der Waals surface area contributed by atoms with Crippen LogP contribution in [0.5, 0.6) is 0 Å². The molecule has 0 saturated carbocycles. The van der Waals surface area contributed by atoms with Gasteiger partial charge in [0.05, 0.1) is 0 Å². The van der Waals surface area contributed by atoms with Crippen molar-refractivity contribution in [3.8, 4) is 0 Å². The molecular formula is C18H17Cl2N3O2. The number of pyridine rings is 1. The van der Waals surface area contributed by atoms with Gasteiger partial charge in [-0.2, -0.15) is 0 Å². The second-order valence-electron chi connectivity index (χ2n) is 5.89. The van der Waals surface area contributed by atoms with Crippen molar-refractivity contribution >= 4 is 35.0 Å². The molecule has 5 nitrogen and oxygen atoms in total. The highest BCUT2D eigenvalue weighted by molar-refractivity contribution is 6.35. The van der Waals surface area contributed by atoms with Gasteiger partial charge in [-0.05, 0) is 35.7 Å². The van der Waals surface area contributed by atoms with Crippen LogP contribution in [-0.4, -0.2) is 27.7 Å². The molecule has 25 heavy (non-hydrogen) atoms. The molecule has 0 aliphatic carbocycles. The molecule has 0 unspecified atom stereocenters. The lowest BCUT2D eigenvalue weighted by molar-refractivity contribution is -0.135. The van der Waals surface area contributed by atoms with E-state index in [0.29, 0.717) is 36.0 Å². The van der Waals surface area contributed by atoms with Crippen LogP contribution in [-0.2, 0) is 22.7 Å². The van der Waals surface area contributed by atoms with Crippen LogP contribution in [0.3, 0.4) is 0 Å². The third-order valence-corrected chi connectivity index (χ3v) is 4.76. The number of nitrogens with zero attached hydrogens (tertiary/aromatic N) is 2. The van der Waals surface area contributed by atoms with E-state index in [2.05, 4.69) is 10.3 Å². The second-order valence-corrected chi connectivity index (χ2v) is 6.73. The number of benzene rings is 1. The maximum Gasteiger partial charge on any atom is 0.243 e. The molecule has 2 heterocycles.